The zero-order valence-corrected chi connectivity index (χ0v) is 27.0. The first kappa shape index (κ1) is 27.2. The van der Waals surface area contributed by atoms with Gasteiger partial charge in [-0.3, -0.25) is 0 Å². The van der Waals surface area contributed by atoms with E-state index in [1.807, 2.05) is 0 Å². The largest absolute Gasteiger partial charge is 0.495 e. The summed E-state index contributed by atoms with van der Waals surface area (Å²) in [5, 5.41) is 2.54. The molecule has 2 aliphatic heterocycles. The number of rotatable bonds is 3. The third-order valence-electron chi connectivity index (χ3n) is 11.5. The Morgan fingerprint density at radius 3 is 1.85 bits per heavy atom. The Hall–Kier alpha value is -4.90. The third-order valence-corrected chi connectivity index (χ3v) is 11.5. The SMILES string of the molecule is CC1(C)OB(c2ccc3c4c2C(c2ccccc2)(c2ccccc2)c2ccc5c6ccccc6n(c5c2-4)-c2ccccc2-3)OC1(C)C. The van der Waals surface area contributed by atoms with Gasteiger partial charge in [0.1, 0.15) is 0 Å². The second-order valence-electron chi connectivity index (χ2n) is 14.3. The highest BCUT2D eigenvalue weighted by Crippen LogP contribution is 2.62. The van der Waals surface area contributed by atoms with Gasteiger partial charge in [0.05, 0.1) is 33.3 Å². The van der Waals surface area contributed by atoms with E-state index < -0.39 is 23.7 Å². The lowest BCUT2D eigenvalue weighted by atomic mass is 9.61. The molecule has 0 unspecified atom stereocenters. The Bertz CT molecular complexity index is 2370. The summed E-state index contributed by atoms with van der Waals surface area (Å²) in [6.45, 7) is 8.57. The average molecular weight is 608 g/mol. The first-order valence-corrected chi connectivity index (χ1v) is 16.6. The van der Waals surface area contributed by atoms with Crippen LogP contribution in [0.25, 0.3) is 49.7 Å². The highest BCUT2D eigenvalue weighted by atomic mass is 16.7. The van der Waals surface area contributed by atoms with Crippen molar-refractivity contribution in [1.29, 1.82) is 0 Å². The van der Waals surface area contributed by atoms with Gasteiger partial charge in [0.25, 0.3) is 0 Å². The highest BCUT2D eigenvalue weighted by Gasteiger charge is 2.56. The molecule has 1 aliphatic carbocycles. The molecule has 0 radical (unpaired) electrons. The van der Waals surface area contributed by atoms with E-state index in [9.17, 15) is 0 Å². The van der Waals surface area contributed by atoms with Gasteiger partial charge in [-0.15, -0.1) is 0 Å². The molecule has 0 N–H and O–H groups in total. The second kappa shape index (κ2) is 9.13. The molecule has 4 heteroatoms. The van der Waals surface area contributed by atoms with E-state index in [4.69, 9.17) is 9.31 Å². The van der Waals surface area contributed by atoms with Crippen LogP contribution in [0.1, 0.15) is 49.9 Å². The molecule has 1 saturated heterocycles. The maximum atomic E-state index is 6.90. The second-order valence-corrected chi connectivity index (χ2v) is 14.3. The molecule has 6 aromatic carbocycles. The predicted octanol–water partition coefficient (Wildman–Crippen LogP) is 9.43. The summed E-state index contributed by atoms with van der Waals surface area (Å²) in [4.78, 5) is 0. The van der Waals surface area contributed by atoms with Gasteiger partial charge >= 0.3 is 7.12 Å². The van der Waals surface area contributed by atoms with Crippen LogP contribution in [0, 0.1) is 0 Å². The smallest absolute Gasteiger partial charge is 0.399 e. The molecule has 1 fully saturated rings. The van der Waals surface area contributed by atoms with Crippen LogP contribution in [0.5, 0.6) is 0 Å². The minimum Gasteiger partial charge on any atom is -0.399 e. The summed E-state index contributed by atoms with van der Waals surface area (Å²) in [7, 11) is -0.527. The molecule has 0 saturated carbocycles. The van der Waals surface area contributed by atoms with Gasteiger partial charge in [0.2, 0.25) is 0 Å². The predicted molar refractivity (Wildman–Crippen MR) is 193 cm³/mol. The lowest BCUT2D eigenvalue weighted by molar-refractivity contribution is 0.00578. The Morgan fingerprint density at radius 1 is 0.532 bits per heavy atom. The summed E-state index contributed by atoms with van der Waals surface area (Å²) < 4.78 is 16.3. The Kier molecular flexibility index (Phi) is 5.29. The van der Waals surface area contributed by atoms with Crippen molar-refractivity contribution < 1.29 is 9.31 Å². The fourth-order valence-electron chi connectivity index (χ4n) is 8.72. The van der Waals surface area contributed by atoms with Crippen molar-refractivity contribution in [1.82, 2.24) is 4.57 Å². The van der Waals surface area contributed by atoms with Crippen LogP contribution >= 0.6 is 0 Å². The number of nitrogens with zero attached hydrogens (tertiary/aromatic N) is 1. The Morgan fingerprint density at radius 2 is 1.15 bits per heavy atom. The summed E-state index contributed by atoms with van der Waals surface area (Å²) >= 11 is 0. The van der Waals surface area contributed by atoms with E-state index in [1.54, 1.807) is 0 Å². The molecule has 0 bridgehead atoms. The molecule has 1 aromatic heterocycles. The van der Waals surface area contributed by atoms with Gasteiger partial charge in [-0.2, -0.15) is 0 Å². The van der Waals surface area contributed by atoms with Crippen molar-refractivity contribution in [2.75, 3.05) is 0 Å². The van der Waals surface area contributed by atoms with Crippen molar-refractivity contribution in [3.05, 3.63) is 156 Å². The molecule has 7 aromatic rings. The molecule has 0 spiro atoms. The zero-order valence-electron chi connectivity index (χ0n) is 27.0. The lowest BCUT2D eigenvalue weighted by Gasteiger charge is -2.36. The minimum atomic E-state index is -0.607. The molecule has 10 rings (SSSR count). The van der Waals surface area contributed by atoms with Crippen molar-refractivity contribution >= 4 is 34.4 Å². The van der Waals surface area contributed by atoms with Crippen LogP contribution in [0.15, 0.2) is 133 Å². The van der Waals surface area contributed by atoms with Crippen LogP contribution in [0.2, 0.25) is 0 Å². The van der Waals surface area contributed by atoms with Gasteiger partial charge in [-0.25, -0.2) is 0 Å². The van der Waals surface area contributed by atoms with Crippen LogP contribution < -0.4 is 5.46 Å². The maximum Gasteiger partial charge on any atom is 0.495 e. The standard InChI is InChI=1S/C43H34BNO2/c1-41(2)42(3,4)47-44(46-41)34-26-24-31-29-19-11-13-21-35(29)45-36-22-14-12-20-30(36)32-23-25-33-38(40(32)45)37(31)39(34)43(33,27-15-7-5-8-16-27)28-17-9-6-10-18-28/h5-26H,1-4H3. The van der Waals surface area contributed by atoms with Crippen molar-refractivity contribution in [2.24, 2.45) is 0 Å². The molecule has 226 valence electrons. The van der Waals surface area contributed by atoms with Crippen LogP contribution in [0.3, 0.4) is 0 Å². The number of benzene rings is 6. The van der Waals surface area contributed by atoms with Crippen LogP contribution in [-0.4, -0.2) is 22.9 Å². The van der Waals surface area contributed by atoms with Crippen LogP contribution in [0.4, 0.5) is 0 Å². The van der Waals surface area contributed by atoms with E-state index in [1.165, 1.54) is 72.0 Å². The number of fused-ring (bicyclic) bond motifs is 6. The van der Waals surface area contributed by atoms with Crippen molar-refractivity contribution in [3.8, 4) is 27.9 Å². The fourth-order valence-corrected chi connectivity index (χ4v) is 8.72. The molecule has 0 atom stereocenters. The van der Waals surface area contributed by atoms with Crippen molar-refractivity contribution in [2.45, 2.75) is 44.3 Å². The first-order valence-electron chi connectivity index (χ1n) is 16.6. The summed E-state index contributed by atoms with van der Waals surface area (Å²) in [6, 6.07) is 49.2. The van der Waals surface area contributed by atoms with E-state index in [0.717, 1.165) is 5.46 Å². The quantitative estimate of drug-likeness (QED) is 0.187. The number of hydrogen-bond acceptors (Lipinski definition) is 2. The third kappa shape index (κ3) is 3.30. The van der Waals surface area contributed by atoms with E-state index in [2.05, 4.69) is 166 Å². The molecular formula is C43H34BNO2. The monoisotopic (exact) mass is 607 g/mol. The minimum absolute atomic E-state index is 0.475. The highest BCUT2D eigenvalue weighted by molar-refractivity contribution is 6.63. The first-order chi connectivity index (χ1) is 22.8. The topological polar surface area (TPSA) is 23.4 Å². The van der Waals surface area contributed by atoms with Gasteiger partial charge in [-0.1, -0.05) is 121 Å². The number of hydrogen-bond donors (Lipinski definition) is 0. The summed E-state index contributed by atoms with van der Waals surface area (Å²) in [5.41, 5.74) is 13.3. The fraction of sp³-hybridized carbons (Fsp3) is 0.163. The van der Waals surface area contributed by atoms with Crippen LogP contribution in [-0.2, 0) is 14.7 Å². The van der Waals surface area contributed by atoms with E-state index in [0.29, 0.717) is 0 Å². The lowest BCUT2D eigenvalue weighted by Crippen LogP contribution is -2.42. The average Bonchev–Trinajstić information content (AvgIpc) is 3.63. The van der Waals surface area contributed by atoms with Gasteiger partial charge < -0.3 is 13.9 Å². The van der Waals surface area contributed by atoms with Gasteiger partial charge in [0.15, 0.2) is 0 Å². The Labute approximate surface area is 275 Å². The molecule has 3 nitrogen and oxygen atoms in total. The molecule has 3 heterocycles. The molecular weight excluding hydrogens is 573 g/mol. The van der Waals surface area contributed by atoms with Crippen molar-refractivity contribution in [3.63, 3.8) is 0 Å². The normalized spacial score (nSPS) is 17.7. The zero-order chi connectivity index (χ0) is 31.7. The Balaban J connectivity index is 1.47. The molecule has 0 amide bonds. The summed E-state index contributed by atoms with van der Waals surface area (Å²) in [6.07, 6.45) is 0. The molecule has 47 heavy (non-hydrogen) atoms. The molecule has 3 aliphatic rings. The summed E-state index contributed by atoms with van der Waals surface area (Å²) in [5.74, 6) is 0. The number of para-hydroxylation sites is 2. The number of aromatic nitrogens is 1. The van der Waals surface area contributed by atoms with E-state index in [-0.39, 0.29) is 0 Å². The maximum absolute atomic E-state index is 6.90. The van der Waals surface area contributed by atoms with Gasteiger partial charge in [-0.05, 0) is 78.7 Å². The van der Waals surface area contributed by atoms with Gasteiger partial charge in [0, 0.05) is 21.9 Å². The van der Waals surface area contributed by atoms with E-state index >= 15 is 0 Å².